The largest absolute Gasteiger partial charge is 0.235 e. The maximum atomic E-state index is 5.08. The van der Waals surface area contributed by atoms with Gasteiger partial charge in [0.1, 0.15) is 0 Å². The molecule has 0 heterocycles. The van der Waals surface area contributed by atoms with Gasteiger partial charge in [-0.25, -0.2) is 5.32 Å². The zero-order valence-electron chi connectivity index (χ0n) is 14.8. The highest BCUT2D eigenvalue weighted by Gasteiger charge is 2.25. The smallest absolute Gasteiger partial charge is 0.0351 e. The molecule has 0 aromatic heterocycles. The second-order valence-corrected chi connectivity index (χ2v) is 6.39. The van der Waals surface area contributed by atoms with Crippen LogP contribution >= 0.6 is 0 Å². The van der Waals surface area contributed by atoms with Gasteiger partial charge in [0.25, 0.3) is 0 Å². The van der Waals surface area contributed by atoms with E-state index in [2.05, 4.69) is 27.7 Å². The fraction of sp³-hybridized carbons (Fsp3) is 1.00. The Morgan fingerprint density at radius 2 is 1.10 bits per heavy atom. The van der Waals surface area contributed by atoms with Crippen molar-refractivity contribution < 1.29 is 0 Å². The van der Waals surface area contributed by atoms with E-state index >= 15 is 0 Å². The molecular weight excluding hydrogens is 242 g/mol. The van der Waals surface area contributed by atoms with Crippen molar-refractivity contribution in [3.05, 3.63) is 0 Å². The summed E-state index contributed by atoms with van der Waals surface area (Å²) in [5.74, 6) is 0. The normalized spacial score (nSPS) is 12.0. The van der Waals surface area contributed by atoms with Gasteiger partial charge in [-0.1, -0.05) is 85.5 Å². The molecule has 1 radical (unpaired) electrons. The second-order valence-electron chi connectivity index (χ2n) is 6.39. The molecule has 0 spiro atoms. The summed E-state index contributed by atoms with van der Waals surface area (Å²) in [4.78, 5) is 0. The van der Waals surface area contributed by atoms with Gasteiger partial charge in [-0.3, -0.25) is 0 Å². The molecule has 0 aliphatic heterocycles. The van der Waals surface area contributed by atoms with Crippen LogP contribution in [0, 0.1) is 0 Å². The zero-order chi connectivity index (χ0) is 15.1. The molecule has 0 aromatic carbocycles. The lowest BCUT2D eigenvalue weighted by molar-refractivity contribution is 0.261. The Morgan fingerprint density at radius 3 is 1.65 bits per heavy atom. The molecule has 0 unspecified atom stereocenters. The summed E-state index contributed by atoms with van der Waals surface area (Å²) in [5, 5.41) is 5.08. The quantitative estimate of drug-likeness (QED) is 0.305. The SMILES string of the molecule is CCCCCCCCCC(CC)(CC)[N]CCCCC. The van der Waals surface area contributed by atoms with Crippen LogP contribution in [0.25, 0.3) is 0 Å². The Balaban J connectivity index is 3.76. The van der Waals surface area contributed by atoms with E-state index in [1.54, 1.807) is 0 Å². The summed E-state index contributed by atoms with van der Waals surface area (Å²) in [6.07, 6.45) is 17.6. The minimum atomic E-state index is 0.303. The third-order valence-electron chi connectivity index (χ3n) is 4.77. The third-order valence-corrected chi connectivity index (χ3v) is 4.77. The van der Waals surface area contributed by atoms with Gasteiger partial charge in [0, 0.05) is 12.1 Å². The predicted octanol–water partition coefficient (Wildman–Crippen LogP) is 6.48. The van der Waals surface area contributed by atoms with Gasteiger partial charge in [-0.2, -0.15) is 0 Å². The van der Waals surface area contributed by atoms with Crippen LogP contribution < -0.4 is 5.32 Å². The topological polar surface area (TPSA) is 14.1 Å². The van der Waals surface area contributed by atoms with E-state index < -0.39 is 0 Å². The summed E-state index contributed by atoms with van der Waals surface area (Å²) in [6.45, 7) is 10.3. The Labute approximate surface area is 129 Å². The van der Waals surface area contributed by atoms with Crippen LogP contribution in [0.1, 0.15) is 111 Å². The van der Waals surface area contributed by atoms with Crippen molar-refractivity contribution in [2.45, 2.75) is 117 Å². The second kappa shape index (κ2) is 13.9. The first-order chi connectivity index (χ1) is 9.74. The monoisotopic (exact) mass is 282 g/mol. The first kappa shape index (κ1) is 20.0. The number of unbranched alkanes of at least 4 members (excludes halogenated alkanes) is 8. The maximum absolute atomic E-state index is 5.08. The molecule has 0 aromatic rings. The van der Waals surface area contributed by atoms with Gasteiger partial charge in [0.05, 0.1) is 0 Å². The van der Waals surface area contributed by atoms with Crippen LogP contribution in [-0.4, -0.2) is 12.1 Å². The minimum Gasteiger partial charge on any atom is -0.235 e. The fourth-order valence-corrected chi connectivity index (χ4v) is 3.00. The summed E-state index contributed by atoms with van der Waals surface area (Å²) in [5.41, 5.74) is 0.303. The molecule has 0 N–H and O–H groups in total. The van der Waals surface area contributed by atoms with E-state index in [1.807, 2.05) is 0 Å². The van der Waals surface area contributed by atoms with E-state index in [0.717, 1.165) is 6.54 Å². The molecule has 0 saturated carbocycles. The third kappa shape index (κ3) is 9.80. The van der Waals surface area contributed by atoms with Crippen molar-refractivity contribution in [3.8, 4) is 0 Å². The highest BCUT2D eigenvalue weighted by Crippen LogP contribution is 2.25. The molecule has 0 aliphatic carbocycles. The summed E-state index contributed by atoms with van der Waals surface area (Å²) in [7, 11) is 0. The van der Waals surface area contributed by atoms with Crippen molar-refractivity contribution >= 4 is 0 Å². The van der Waals surface area contributed by atoms with Gasteiger partial charge in [0.15, 0.2) is 0 Å². The molecule has 0 rings (SSSR count). The Hall–Kier alpha value is -0.0400. The van der Waals surface area contributed by atoms with Crippen molar-refractivity contribution in [3.63, 3.8) is 0 Å². The molecule has 0 bridgehead atoms. The highest BCUT2D eigenvalue weighted by atomic mass is 15.0. The average Bonchev–Trinajstić information content (AvgIpc) is 2.49. The van der Waals surface area contributed by atoms with Gasteiger partial charge in [-0.05, 0) is 25.7 Å². The molecule has 0 amide bonds. The van der Waals surface area contributed by atoms with Crippen LogP contribution in [0.2, 0.25) is 0 Å². The van der Waals surface area contributed by atoms with Crippen molar-refractivity contribution in [2.24, 2.45) is 0 Å². The molecule has 0 saturated heterocycles. The van der Waals surface area contributed by atoms with Crippen molar-refractivity contribution in [1.29, 1.82) is 0 Å². The van der Waals surface area contributed by atoms with E-state index in [9.17, 15) is 0 Å². The van der Waals surface area contributed by atoms with Crippen LogP contribution in [-0.2, 0) is 0 Å². The standard InChI is InChI=1S/C19H40N/c1-5-9-11-12-13-14-15-17-19(7-3,8-4)20-18-16-10-6-2/h5-18H2,1-4H3. The number of hydrogen-bond donors (Lipinski definition) is 0. The molecule has 0 atom stereocenters. The number of rotatable bonds is 15. The van der Waals surface area contributed by atoms with Crippen molar-refractivity contribution in [1.82, 2.24) is 5.32 Å². The van der Waals surface area contributed by atoms with E-state index in [0.29, 0.717) is 5.54 Å². The molecule has 0 aliphatic rings. The van der Waals surface area contributed by atoms with Gasteiger partial charge >= 0.3 is 0 Å². The molecule has 20 heavy (non-hydrogen) atoms. The van der Waals surface area contributed by atoms with Gasteiger partial charge in [-0.15, -0.1) is 0 Å². The Bertz CT molecular complexity index is 184. The highest BCUT2D eigenvalue weighted by molar-refractivity contribution is 4.84. The van der Waals surface area contributed by atoms with Gasteiger partial charge < -0.3 is 0 Å². The molecule has 0 fully saturated rings. The first-order valence-corrected chi connectivity index (χ1v) is 9.43. The van der Waals surface area contributed by atoms with E-state index in [4.69, 9.17) is 5.32 Å². The van der Waals surface area contributed by atoms with E-state index in [1.165, 1.54) is 83.5 Å². The predicted molar refractivity (Wildman–Crippen MR) is 92.4 cm³/mol. The average molecular weight is 283 g/mol. The summed E-state index contributed by atoms with van der Waals surface area (Å²) < 4.78 is 0. The molecule has 1 heteroatoms. The van der Waals surface area contributed by atoms with Gasteiger partial charge in [0.2, 0.25) is 0 Å². The van der Waals surface area contributed by atoms with Crippen LogP contribution in [0.15, 0.2) is 0 Å². The molecule has 121 valence electrons. The first-order valence-electron chi connectivity index (χ1n) is 9.43. The number of nitrogens with zero attached hydrogens (tertiary/aromatic N) is 1. The zero-order valence-corrected chi connectivity index (χ0v) is 14.8. The van der Waals surface area contributed by atoms with Crippen LogP contribution in [0.3, 0.4) is 0 Å². The van der Waals surface area contributed by atoms with E-state index in [-0.39, 0.29) is 0 Å². The van der Waals surface area contributed by atoms with Crippen LogP contribution in [0.5, 0.6) is 0 Å². The lowest BCUT2D eigenvalue weighted by Crippen LogP contribution is -2.39. The maximum Gasteiger partial charge on any atom is 0.0351 e. The molecular formula is C19H40N. The molecule has 1 nitrogen and oxygen atoms in total. The fourth-order valence-electron chi connectivity index (χ4n) is 3.00. The lowest BCUT2D eigenvalue weighted by atomic mass is 9.86. The Morgan fingerprint density at radius 1 is 0.600 bits per heavy atom. The number of hydrogen-bond acceptors (Lipinski definition) is 0. The lowest BCUT2D eigenvalue weighted by Gasteiger charge is -2.31. The Kier molecular flexibility index (Phi) is 13.9. The minimum absolute atomic E-state index is 0.303. The summed E-state index contributed by atoms with van der Waals surface area (Å²) >= 11 is 0. The van der Waals surface area contributed by atoms with Crippen molar-refractivity contribution in [2.75, 3.05) is 6.54 Å². The summed E-state index contributed by atoms with van der Waals surface area (Å²) in [6, 6.07) is 0. The van der Waals surface area contributed by atoms with Crippen LogP contribution in [0.4, 0.5) is 0 Å².